The van der Waals surface area contributed by atoms with Crippen LogP contribution in [0.15, 0.2) is 12.1 Å². The summed E-state index contributed by atoms with van der Waals surface area (Å²) in [4.78, 5) is 12.1. The fraction of sp³-hybridized carbons (Fsp3) is 0.500. The van der Waals surface area contributed by atoms with Gasteiger partial charge in [0.1, 0.15) is 23.7 Å². The Balaban J connectivity index is 1.97. The third-order valence-electron chi connectivity index (χ3n) is 3.59. The highest BCUT2D eigenvalue weighted by atomic mass is 19.1. The third kappa shape index (κ3) is 4.41. The minimum absolute atomic E-state index is 0.0111. The van der Waals surface area contributed by atoms with E-state index in [0.717, 1.165) is 18.9 Å². The number of rotatable bonds is 6. The van der Waals surface area contributed by atoms with Gasteiger partial charge in [-0.15, -0.1) is 0 Å². The fourth-order valence-electron chi connectivity index (χ4n) is 2.24. The van der Waals surface area contributed by atoms with Crippen LogP contribution in [0.3, 0.4) is 0 Å². The Morgan fingerprint density at radius 3 is 3.00 bits per heavy atom. The van der Waals surface area contributed by atoms with Crippen LogP contribution >= 0.6 is 0 Å². The van der Waals surface area contributed by atoms with Crippen LogP contribution in [-0.4, -0.2) is 38.4 Å². The smallest absolute Gasteiger partial charge is 0.253 e. The Labute approximate surface area is 134 Å². The first-order chi connectivity index (χ1) is 11.0. The van der Waals surface area contributed by atoms with Crippen molar-refractivity contribution in [2.45, 2.75) is 32.0 Å². The molecule has 2 rings (SSSR count). The number of anilines is 1. The zero-order valence-electron chi connectivity index (χ0n) is 13.1. The van der Waals surface area contributed by atoms with E-state index < -0.39 is 17.8 Å². The number of methoxy groups -OCH3 is 1. The molecule has 0 aliphatic carbocycles. The van der Waals surface area contributed by atoms with Crippen molar-refractivity contribution in [3.8, 4) is 11.8 Å². The maximum Gasteiger partial charge on any atom is 0.253 e. The number of amides is 1. The molecule has 6 nitrogen and oxygen atoms in total. The Hall–Kier alpha value is -2.17. The molecule has 0 aromatic heterocycles. The van der Waals surface area contributed by atoms with Crippen molar-refractivity contribution in [1.82, 2.24) is 0 Å². The van der Waals surface area contributed by atoms with Gasteiger partial charge in [0.25, 0.3) is 5.91 Å². The summed E-state index contributed by atoms with van der Waals surface area (Å²) in [5, 5.41) is 11.3. The number of halogens is 1. The van der Waals surface area contributed by atoms with Crippen molar-refractivity contribution in [3.05, 3.63) is 23.5 Å². The number of hydrogen-bond acceptors (Lipinski definition) is 5. The molecule has 0 bridgehead atoms. The number of nitrogens with one attached hydrogen (secondary N) is 1. The van der Waals surface area contributed by atoms with Gasteiger partial charge in [0.2, 0.25) is 0 Å². The van der Waals surface area contributed by atoms with E-state index in [1.54, 1.807) is 6.92 Å². The van der Waals surface area contributed by atoms with Crippen molar-refractivity contribution in [1.29, 1.82) is 5.26 Å². The molecule has 1 aliphatic heterocycles. The summed E-state index contributed by atoms with van der Waals surface area (Å²) >= 11 is 0. The molecule has 1 aliphatic rings. The predicted octanol–water partition coefficient (Wildman–Crippen LogP) is 2.23. The number of carbonyl (C=O) groups excluding carboxylic acids is 1. The van der Waals surface area contributed by atoms with Crippen molar-refractivity contribution >= 4 is 11.6 Å². The average Bonchev–Trinajstić information content (AvgIpc) is 3.07. The third-order valence-corrected chi connectivity index (χ3v) is 3.59. The molecule has 1 amide bonds. The molecule has 0 radical (unpaired) electrons. The number of hydrogen-bond donors (Lipinski definition) is 1. The number of carbonyl (C=O) groups is 1. The van der Waals surface area contributed by atoms with Crippen LogP contribution in [0.25, 0.3) is 0 Å². The molecule has 1 aromatic rings. The van der Waals surface area contributed by atoms with Gasteiger partial charge in [0, 0.05) is 12.7 Å². The molecule has 0 saturated carbocycles. The lowest BCUT2D eigenvalue weighted by Gasteiger charge is -2.16. The second kappa shape index (κ2) is 7.90. The fourth-order valence-corrected chi connectivity index (χ4v) is 2.24. The first-order valence-corrected chi connectivity index (χ1v) is 7.37. The van der Waals surface area contributed by atoms with Crippen LogP contribution in [-0.2, 0) is 14.3 Å². The monoisotopic (exact) mass is 322 g/mol. The Bertz CT molecular complexity index is 609. The molecule has 1 aromatic carbocycles. The van der Waals surface area contributed by atoms with Gasteiger partial charge in [0.05, 0.1) is 31.1 Å². The highest BCUT2D eigenvalue weighted by Crippen LogP contribution is 2.26. The second-order valence-corrected chi connectivity index (χ2v) is 5.24. The minimum Gasteiger partial charge on any atom is -0.495 e. The number of nitrogens with zero attached hydrogens (tertiary/aromatic N) is 1. The highest BCUT2D eigenvalue weighted by Gasteiger charge is 2.21. The molecule has 1 heterocycles. The maximum atomic E-state index is 13.9. The summed E-state index contributed by atoms with van der Waals surface area (Å²) in [6.45, 7) is 2.63. The van der Waals surface area contributed by atoms with Crippen molar-refractivity contribution in [2.24, 2.45) is 0 Å². The van der Waals surface area contributed by atoms with Crippen molar-refractivity contribution < 1.29 is 23.4 Å². The van der Waals surface area contributed by atoms with Crippen molar-refractivity contribution in [3.63, 3.8) is 0 Å². The first-order valence-electron chi connectivity index (χ1n) is 7.37. The zero-order chi connectivity index (χ0) is 16.8. The molecule has 1 fully saturated rings. The van der Waals surface area contributed by atoms with E-state index in [0.29, 0.717) is 13.2 Å². The minimum atomic E-state index is -0.750. The summed E-state index contributed by atoms with van der Waals surface area (Å²) in [6.07, 6.45) is 1.16. The summed E-state index contributed by atoms with van der Waals surface area (Å²) < 4.78 is 29.8. The molecule has 2 unspecified atom stereocenters. The lowest BCUT2D eigenvalue weighted by atomic mass is 10.2. The molecule has 124 valence electrons. The first kappa shape index (κ1) is 17.2. The van der Waals surface area contributed by atoms with Gasteiger partial charge < -0.3 is 19.5 Å². The molecular formula is C16H19FN2O4. The van der Waals surface area contributed by atoms with Gasteiger partial charge in [-0.2, -0.15) is 5.26 Å². The highest BCUT2D eigenvalue weighted by molar-refractivity contribution is 5.94. The molecular weight excluding hydrogens is 303 g/mol. The summed E-state index contributed by atoms with van der Waals surface area (Å²) in [5.41, 5.74) is 0.00379. The lowest BCUT2D eigenvalue weighted by Crippen LogP contribution is -2.30. The Morgan fingerprint density at radius 2 is 2.39 bits per heavy atom. The van der Waals surface area contributed by atoms with Gasteiger partial charge in [-0.05, 0) is 25.8 Å². The van der Waals surface area contributed by atoms with E-state index in [1.807, 2.05) is 6.07 Å². The van der Waals surface area contributed by atoms with Gasteiger partial charge in [-0.3, -0.25) is 4.79 Å². The van der Waals surface area contributed by atoms with Gasteiger partial charge in [-0.1, -0.05) is 0 Å². The zero-order valence-corrected chi connectivity index (χ0v) is 13.1. The molecule has 1 saturated heterocycles. The number of nitriles is 1. The van der Waals surface area contributed by atoms with E-state index in [9.17, 15) is 9.18 Å². The van der Waals surface area contributed by atoms with Crippen LogP contribution in [0.4, 0.5) is 10.1 Å². The van der Waals surface area contributed by atoms with Gasteiger partial charge in [0.15, 0.2) is 0 Å². The predicted molar refractivity (Wildman–Crippen MR) is 80.7 cm³/mol. The number of benzene rings is 1. The molecule has 2 atom stereocenters. The van der Waals surface area contributed by atoms with E-state index in [-0.39, 0.29) is 23.1 Å². The second-order valence-electron chi connectivity index (χ2n) is 5.24. The number of ether oxygens (including phenoxy) is 3. The van der Waals surface area contributed by atoms with E-state index >= 15 is 0 Å². The van der Waals surface area contributed by atoms with Crippen LogP contribution < -0.4 is 10.1 Å². The molecule has 1 N–H and O–H groups in total. The summed E-state index contributed by atoms with van der Waals surface area (Å²) in [7, 11) is 1.37. The van der Waals surface area contributed by atoms with Crippen LogP contribution in [0.5, 0.6) is 5.75 Å². The van der Waals surface area contributed by atoms with E-state index in [2.05, 4.69) is 5.32 Å². The maximum absolute atomic E-state index is 13.9. The normalized spacial score (nSPS) is 18.3. The van der Waals surface area contributed by atoms with E-state index in [4.69, 9.17) is 19.5 Å². The molecule has 0 spiro atoms. The summed E-state index contributed by atoms with van der Waals surface area (Å²) in [6, 6.07) is 4.12. The van der Waals surface area contributed by atoms with E-state index in [1.165, 1.54) is 13.2 Å². The average molecular weight is 322 g/mol. The standard InChI is InChI=1S/C16H19FN2O4/c1-10(23-9-12-4-3-5-22-12)16(20)19-14-7-15(21-2)11(8-18)6-13(14)17/h6-7,10,12H,3-5,9H2,1-2H3,(H,19,20). The van der Waals surface area contributed by atoms with Gasteiger partial charge >= 0.3 is 0 Å². The lowest BCUT2D eigenvalue weighted by molar-refractivity contribution is -0.128. The summed E-state index contributed by atoms with van der Waals surface area (Å²) in [5.74, 6) is -0.993. The quantitative estimate of drug-likeness (QED) is 0.868. The van der Waals surface area contributed by atoms with Crippen LogP contribution in [0, 0.1) is 17.1 Å². The molecule has 7 heteroatoms. The Morgan fingerprint density at radius 1 is 1.61 bits per heavy atom. The van der Waals surface area contributed by atoms with Gasteiger partial charge in [-0.25, -0.2) is 4.39 Å². The molecule has 23 heavy (non-hydrogen) atoms. The van der Waals surface area contributed by atoms with Crippen LogP contribution in [0.1, 0.15) is 25.3 Å². The van der Waals surface area contributed by atoms with Crippen LogP contribution in [0.2, 0.25) is 0 Å². The largest absolute Gasteiger partial charge is 0.495 e. The SMILES string of the molecule is COc1cc(NC(=O)C(C)OCC2CCCO2)c(F)cc1C#N. The topological polar surface area (TPSA) is 80.6 Å². The Kier molecular flexibility index (Phi) is 5.90. The van der Waals surface area contributed by atoms with Crippen molar-refractivity contribution in [2.75, 3.05) is 25.6 Å².